The van der Waals surface area contributed by atoms with Crippen LogP contribution in [0.25, 0.3) is 0 Å². The summed E-state index contributed by atoms with van der Waals surface area (Å²) in [6, 6.07) is 6.36. The SMILES string of the molecule is Cc1ccc(C(C)C)c(OCC(=O)NC2CCC(CO)CC2)c1. The van der Waals surface area contributed by atoms with E-state index in [1.807, 2.05) is 13.0 Å². The van der Waals surface area contributed by atoms with Gasteiger partial charge in [0.25, 0.3) is 5.91 Å². The number of aryl methyl sites for hydroxylation is 1. The zero-order chi connectivity index (χ0) is 16.8. The minimum atomic E-state index is -0.0614. The Morgan fingerprint density at radius 2 is 2.00 bits per heavy atom. The average Bonchev–Trinajstić information content (AvgIpc) is 2.53. The second-order valence-electron chi connectivity index (χ2n) is 6.95. The van der Waals surface area contributed by atoms with E-state index in [4.69, 9.17) is 9.84 Å². The molecule has 0 spiro atoms. The lowest BCUT2D eigenvalue weighted by Crippen LogP contribution is -2.40. The molecule has 1 amide bonds. The Balaban J connectivity index is 1.84. The van der Waals surface area contributed by atoms with Gasteiger partial charge >= 0.3 is 0 Å². The van der Waals surface area contributed by atoms with Crippen molar-refractivity contribution < 1.29 is 14.6 Å². The number of carbonyl (C=O) groups excluding carboxylic acids is 1. The molecule has 1 aliphatic carbocycles. The van der Waals surface area contributed by atoms with Crippen LogP contribution in [0, 0.1) is 12.8 Å². The van der Waals surface area contributed by atoms with E-state index in [1.54, 1.807) is 0 Å². The van der Waals surface area contributed by atoms with E-state index in [-0.39, 0.29) is 25.2 Å². The van der Waals surface area contributed by atoms with Gasteiger partial charge in [0, 0.05) is 12.6 Å². The summed E-state index contributed by atoms with van der Waals surface area (Å²) in [6.07, 6.45) is 3.85. The number of aliphatic hydroxyl groups is 1. The second kappa shape index (κ2) is 8.34. The summed E-state index contributed by atoms with van der Waals surface area (Å²) in [5, 5.41) is 12.2. The van der Waals surface area contributed by atoms with Crippen molar-refractivity contribution in [2.45, 2.75) is 58.4 Å². The van der Waals surface area contributed by atoms with Crippen molar-refractivity contribution in [1.82, 2.24) is 5.32 Å². The van der Waals surface area contributed by atoms with E-state index in [0.29, 0.717) is 11.8 Å². The fourth-order valence-electron chi connectivity index (χ4n) is 3.15. The van der Waals surface area contributed by atoms with Gasteiger partial charge in [0.2, 0.25) is 0 Å². The first kappa shape index (κ1) is 17.8. The number of amides is 1. The highest BCUT2D eigenvalue weighted by molar-refractivity contribution is 5.77. The Labute approximate surface area is 139 Å². The minimum Gasteiger partial charge on any atom is -0.483 e. The molecule has 4 heteroatoms. The van der Waals surface area contributed by atoms with Crippen molar-refractivity contribution >= 4 is 5.91 Å². The number of hydrogen-bond acceptors (Lipinski definition) is 3. The van der Waals surface area contributed by atoms with E-state index < -0.39 is 0 Å². The van der Waals surface area contributed by atoms with Crippen LogP contribution in [0.4, 0.5) is 0 Å². The predicted octanol–water partition coefficient (Wildman–Crippen LogP) is 3.16. The van der Waals surface area contributed by atoms with E-state index in [1.165, 1.54) is 0 Å². The second-order valence-corrected chi connectivity index (χ2v) is 6.95. The van der Waals surface area contributed by atoms with Crippen LogP contribution in [0.3, 0.4) is 0 Å². The highest BCUT2D eigenvalue weighted by Gasteiger charge is 2.22. The minimum absolute atomic E-state index is 0.0586. The third-order valence-corrected chi connectivity index (χ3v) is 4.62. The third kappa shape index (κ3) is 5.24. The molecule has 0 bridgehead atoms. The molecule has 0 atom stereocenters. The van der Waals surface area contributed by atoms with Gasteiger partial charge in [-0.1, -0.05) is 26.0 Å². The summed E-state index contributed by atoms with van der Waals surface area (Å²) >= 11 is 0. The van der Waals surface area contributed by atoms with Gasteiger partial charge in [-0.15, -0.1) is 0 Å². The Bertz CT molecular complexity index is 519. The van der Waals surface area contributed by atoms with Crippen LogP contribution < -0.4 is 10.1 Å². The molecule has 128 valence electrons. The van der Waals surface area contributed by atoms with Crippen molar-refractivity contribution in [3.63, 3.8) is 0 Å². The largest absolute Gasteiger partial charge is 0.483 e. The molecule has 0 aromatic heterocycles. The zero-order valence-electron chi connectivity index (χ0n) is 14.5. The van der Waals surface area contributed by atoms with Gasteiger partial charge in [-0.3, -0.25) is 4.79 Å². The maximum atomic E-state index is 12.1. The lowest BCUT2D eigenvalue weighted by molar-refractivity contribution is -0.124. The number of nitrogens with one attached hydrogen (secondary N) is 1. The first-order chi connectivity index (χ1) is 11.0. The van der Waals surface area contributed by atoms with Gasteiger partial charge in [-0.2, -0.15) is 0 Å². The summed E-state index contributed by atoms with van der Waals surface area (Å²) in [6.45, 7) is 6.59. The lowest BCUT2D eigenvalue weighted by Gasteiger charge is -2.28. The molecule has 0 saturated heterocycles. The molecule has 1 saturated carbocycles. The maximum Gasteiger partial charge on any atom is 0.258 e. The Morgan fingerprint density at radius 1 is 1.30 bits per heavy atom. The third-order valence-electron chi connectivity index (χ3n) is 4.62. The standard InChI is InChI=1S/C19H29NO3/c1-13(2)17-9-4-14(3)10-18(17)23-12-19(22)20-16-7-5-15(11-21)6-8-16/h4,9-10,13,15-16,21H,5-8,11-12H2,1-3H3,(H,20,22). The number of ether oxygens (including phenoxy) is 1. The van der Waals surface area contributed by atoms with Gasteiger partial charge < -0.3 is 15.2 Å². The average molecular weight is 319 g/mol. The number of hydrogen-bond donors (Lipinski definition) is 2. The van der Waals surface area contributed by atoms with Gasteiger partial charge in [0.1, 0.15) is 5.75 Å². The van der Waals surface area contributed by atoms with Crippen LogP contribution >= 0.6 is 0 Å². The summed E-state index contributed by atoms with van der Waals surface area (Å²) in [7, 11) is 0. The van der Waals surface area contributed by atoms with Crippen molar-refractivity contribution in [2.75, 3.05) is 13.2 Å². The fourth-order valence-corrected chi connectivity index (χ4v) is 3.15. The van der Waals surface area contributed by atoms with Crippen LogP contribution in [0.5, 0.6) is 5.75 Å². The summed E-state index contributed by atoms with van der Waals surface area (Å²) in [4.78, 5) is 12.1. The number of carbonyl (C=O) groups is 1. The van der Waals surface area contributed by atoms with E-state index in [0.717, 1.165) is 42.6 Å². The first-order valence-corrected chi connectivity index (χ1v) is 8.63. The summed E-state index contributed by atoms with van der Waals surface area (Å²) in [5.74, 6) is 1.51. The number of rotatable bonds is 6. The highest BCUT2D eigenvalue weighted by atomic mass is 16.5. The van der Waals surface area contributed by atoms with Gasteiger partial charge in [-0.25, -0.2) is 0 Å². The molecule has 1 aromatic rings. The van der Waals surface area contributed by atoms with E-state index in [2.05, 4.69) is 31.3 Å². The summed E-state index contributed by atoms with van der Waals surface area (Å²) in [5.41, 5.74) is 2.26. The normalized spacial score (nSPS) is 21.3. The van der Waals surface area contributed by atoms with Crippen LogP contribution in [0.2, 0.25) is 0 Å². The lowest BCUT2D eigenvalue weighted by atomic mass is 9.86. The number of aliphatic hydroxyl groups excluding tert-OH is 1. The number of benzene rings is 1. The van der Waals surface area contributed by atoms with Gasteiger partial charge in [0.05, 0.1) is 0 Å². The van der Waals surface area contributed by atoms with Crippen molar-refractivity contribution in [1.29, 1.82) is 0 Å². The molecular formula is C19H29NO3. The van der Waals surface area contributed by atoms with Crippen LogP contribution in [-0.4, -0.2) is 30.3 Å². The molecule has 0 heterocycles. The van der Waals surface area contributed by atoms with Crippen LogP contribution in [0.15, 0.2) is 18.2 Å². The van der Waals surface area contributed by atoms with Crippen molar-refractivity contribution in [3.8, 4) is 5.75 Å². The maximum absolute atomic E-state index is 12.1. The molecule has 0 unspecified atom stereocenters. The van der Waals surface area contributed by atoms with Crippen molar-refractivity contribution in [2.24, 2.45) is 5.92 Å². The van der Waals surface area contributed by atoms with Crippen LogP contribution in [-0.2, 0) is 4.79 Å². The quantitative estimate of drug-likeness (QED) is 0.847. The van der Waals surface area contributed by atoms with E-state index in [9.17, 15) is 4.79 Å². The zero-order valence-corrected chi connectivity index (χ0v) is 14.5. The highest BCUT2D eigenvalue weighted by Crippen LogP contribution is 2.27. The van der Waals surface area contributed by atoms with Crippen molar-refractivity contribution in [3.05, 3.63) is 29.3 Å². The topological polar surface area (TPSA) is 58.6 Å². The van der Waals surface area contributed by atoms with Gasteiger partial charge in [-0.05, 0) is 61.6 Å². The fraction of sp³-hybridized carbons (Fsp3) is 0.632. The van der Waals surface area contributed by atoms with Gasteiger partial charge in [0.15, 0.2) is 6.61 Å². The molecule has 0 radical (unpaired) electrons. The van der Waals surface area contributed by atoms with E-state index >= 15 is 0 Å². The Morgan fingerprint density at radius 3 is 2.61 bits per heavy atom. The summed E-state index contributed by atoms with van der Waals surface area (Å²) < 4.78 is 5.77. The molecule has 2 rings (SSSR count). The Hall–Kier alpha value is -1.55. The van der Waals surface area contributed by atoms with Crippen LogP contribution in [0.1, 0.15) is 56.6 Å². The monoisotopic (exact) mass is 319 g/mol. The molecule has 23 heavy (non-hydrogen) atoms. The predicted molar refractivity (Wildman–Crippen MR) is 91.7 cm³/mol. The molecular weight excluding hydrogens is 290 g/mol. The molecule has 1 aromatic carbocycles. The molecule has 2 N–H and O–H groups in total. The first-order valence-electron chi connectivity index (χ1n) is 8.63. The smallest absolute Gasteiger partial charge is 0.258 e. The molecule has 0 aliphatic heterocycles. The molecule has 1 aliphatic rings. The molecule has 4 nitrogen and oxygen atoms in total. The Kier molecular flexibility index (Phi) is 6.46. The molecule has 1 fully saturated rings.